The van der Waals surface area contributed by atoms with Gasteiger partial charge < -0.3 is 0 Å². The van der Waals surface area contributed by atoms with Crippen LogP contribution in [0.3, 0.4) is 0 Å². The molecule has 0 bridgehead atoms. The normalized spacial score (nSPS) is 10.7. The fourth-order valence-electron chi connectivity index (χ4n) is 0.890. The molecule has 0 aliphatic heterocycles. The van der Waals surface area contributed by atoms with Crippen LogP contribution in [-0.2, 0) is 10.0 Å². The third kappa shape index (κ3) is 3.46. The van der Waals surface area contributed by atoms with Gasteiger partial charge in [0.1, 0.15) is 10.0 Å². The molecule has 4 nitrogen and oxygen atoms in total. The Balaban J connectivity index is 3.05. The first-order valence-corrected chi connectivity index (χ1v) is 6.83. The minimum Gasteiger partial charge on any atom is -0.242 e. The largest absolute Gasteiger partial charge is 0.244 e. The second kappa shape index (κ2) is 5.64. The predicted octanol–water partition coefficient (Wildman–Crippen LogP) is 1.80. The molecule has 0 aliphatic carbocycles. The van der Waals surface area contributed by atoms with Crippen LogP contribution in [0.15, 0.2) is 21.6 Å². The van der Waals surface area contributed by atoms with Gasteiger partial charge in [0.2, 0.25) is 10.0 Å². The molecular weight excluding hydrogens is 316 g/mol. The van der Waals surface area contributed by atoms with Crippen molar-refractivity contribution in [2.24, 2.45) is 0 Å². The summed E-state index contributed by atoms with van der Waals surface area (Å²) in [4.78, 5) is 3.67. The van der Waals surface area contributed by atoms with E-state index in [0.29, 0.717) is 4.47 Å². The van der Waals surface area contributed by atoms with Gasteiger partial charge in [-0.1, -0.05) is 17.5 Å². The van der Waals surface area contributed by atoms with Crippen LogP contribution in [0, 0.1) is 11.8 Å². The first-order chi connectivity index (χ1) is 7.47. The molecule has 1 rings (SSSR count). The molecule has 86 valence electrons. The van der Waals surface area contributed by atoms with E-state index in [9.17, 15) is 8.42 Å². The first kappa shape index (κ1) is 13.5. The van der Waals surface area contributed by atoms with Gasteiger partial charge in [-0.2, -0.15) is 4.72 Å². The van der Waals surface area contributed by atoms with Crippen LogP contribution in [0.2, 0.25) is 5.15 Å². The topological polar surface area (TPSA) is 59.1 Å². The molecule has 0 saturated carbocycles. The Kier molecular flexibility index (Phi) is 4.74. The number of rotatable bonds is 3. The summed E-state index contributed by atoms with van der Waals surface area (Å²) in [6.07, 6.45) is 1.42. The zero-order valence-electron chi connectivity index (χ0n) is 8.29. The molecule has 0 spiro atoms. The predicted molar refractivity (Wildman–Crippen MR) is 65.6 cm³/mol. The van der Waals surface area contributed by atoms with Crippen LogP contribution < -0.4 is 4.72 Å². The molecule has 1 aromatic rings. The fraction of sp³-hybridized carbons (Fsp3) is 0.222. The summed E-state index contributed by atoms with van der Waals surface area (Å²) in [7, 11) is -3.66. The summed E-state index contributed by atoms with van der Waals surface area (Å²) in [6.45, 7) is 1.67. The van der Waals surface area contributed by atoms with Gasteiger partial charge in [0.15, 0.2) is 0 Å². The molecule has 0 atom stereocenters. The van der Waals surface area contributed by atoms with Gasteiger partial charge >= 0.3 is 0 Å². The molecule has 16 heavy (non-hydrogen) atoms. The maximum Gasteiger partial charge on any atom is 0.244 e. The van der Waals surface area contributed by atoms with Crippen molar-refractivity contribution in [3.63, 3.8) is 0 Å². The Morgan fingerprint density at radius 2 is 2.31 bits per heavy atom. The van der Waals surface area contributed by atoms with E-state index in [1.165, 1.54) is 12.3 Å². The lowest BCUT2D eigenvalue weighted by Gasteiger charge is -2.05. The fourth-order valence-corrected chi connectivity index (χ4v) is 2.75. The minimum absolute atomic E-state index is 0.0433. The van der Waals surface area contributed by atoms with Crippen LogP contribution in [0.1, 0.15) is 6.92 Å². The highest BCUT2D eigenvalue weighted by atomic mass is 79.9. The zero-order valence-corrected chi connectivity index (χ0v) is 11.4. The number of sulfonamides is 1. The van der Waals surface area contributed by atoms with Gasteiger partial charge in [-0.3, -0.25) is 0 Å². The van der Waals surface area contributed by atoms with Crippen molar-refractivity contribution in [3.05, 3.63) is 21.9 Å². The Morgan fingerprint density at radius 1 is 1.62 bits per heavy atom. The number of hydrogen-bond acceptors (Lipinski definition) is 3. The lowest BCUT2D eigenvalue weighted by atomic mass is 10.5. The van der Waals surface area contributed by atoms with Crippen LogP contribution in [0.4, 0.5) is 0 Å². The molecule has 0 amide bonds. The van der Waals surface area contributed by atoms with Gasteiger partial charge in [-0.05, 0) is 28.9 Å². The molecule has 0 unspecified atom stereocenters. The van der Waals surface area contributed by atoms with Crippen LogP contribution in [0.5, 0.6) is 0 Å². The van der Waals surface area contributed by atoms with Crippen molar-refractivity contribution in [2.45, 2.75) is 11.8 Å². The molecule has 1 heterocycles. The number of pyridine rings is 1. The van der Waals surface area contributed by atoms with E-state index in [0.717, 1.165) is 0 Å². The minimum atomic E-state index is -3.66. The maximum absolute atomic E-state index is 11.8. The molecule has 0 radical (unpaired) electrons. The average Bonchev–Trinajstić information content (AvgIpc) is 2.22. The van der Waals surface area contributed by atoms with E-state index < -0.39 is 10.0 Å². The first-order valence-electron chi connectivity index (χ1n) is 4.17. The third-order valence-electron chi connectivity index (χ3n) is 1.59. The molecular formula is C9H8BrClN2O2S. The SMILES string of the molecule is CC#CCNS(=O)(=O)c1cc(Br)cnc1Cl. The van der Waals surface area contributed by atoms with E-state index in [-0.39, 0.29) is 16.6 Å². The summed E-state index contributed by atoms with van der Waals surface area (Å²) in [5.74, 6) is 5.18. The van der Waals surface area contributed by atoms with Crippen LogP contribution in [0.25, 0.3) is 0 Å². The van der Waals surface area contributed by atoms with Gasteiger partial charge in [0.25, 0.3) is 0 Å². The van der Waals surface area contributed by atoms with Crippen molar-refractivity contribution in [1.82, 2.24) is 9.71 Å². The van der Waals surface area contributed by atoms with Gasteiger partial charge in [-0.25, -0.2) is 13.4 Å². The molecule has 7 heteroatoms. The van der Waals surface area contributed by atoms with E-state index in [2.05, 4.69) is 37.5 Å². The summed E-state index contributed by atoms with van der Waals surface area (Å²) in [5, 5.41) is -0.0693. The number of aromatic nitrogens is 1. The molecule has 0 fully saturated rings. The van der Waals surface area contributed by atoms with Gasteiger partial charge in [-0.15, -0.1) is 5.92 Å². The quantitative estimate of drug-likeness (QED) is 0.681. The molecule has 0 aromatic carbocycles. The molecule has 0 aliphatic rings. The third-order valence-corrected chi connectivity index (χ3v) is 3.85. The highest BCUT2D eigenvalue weighted by molar-refractivity contribution is 9.10. The van der Waals surface area contributed by atoms with E-state index in [4.69, 9.17) is 11.6 Å². The van der Waals surface area contributed by atoms with Crippen molar-refractivity contribution in [2.75, 3.05) is 6.54 Å². The van der Waals surface area contributed by atoms with Crippen molar-refractivity contribution in [1.29, 1.82) is 0 Å². The lowest BCUT2D eigenvalue weighted by Crippen LogP contribution is -2.24. The zero-order chi connectivity index (χ0) is 12.2. The molecule has 1 aromatic heterocycles. The average molecular weight is 324 g/mol. The summed E-state index contributed by atoms with van der Waals surface area (Å²) in [6, 6.07) is 1.39. The molecule has 0 saturated heterocycles. The second-order valence-electron chi connectivity index (χ2n) is 2.69. The molecule has 1 N–H and O–H groups in total. The Morgan fingerprint density at radius 3 is 2.94 bits per heavy atom. The van der Waals surface area contributed by atoms with Gasteiger partial charge in [0, 0.05) is 10.7 Å². The monoisotopic (exact) mass is 322 g/mol. The highest BCUT2D eigenvalue weighted by Gasteiger charge is 2.18. The summed E-state index contributed by atoms with van der Waals surface area (Å²) >= 11 is 8.84. The van der Waals surface area contributed by atoms with Crippen LogP contribution >= 0.6 is 27.5 Å². The van der Waals surface area contributed by atoms with Crippen molar-refractivity contribution in [3.8, 4) is 11.8 Å². The summed E-state index contributed by atoms with van der Waals surface area (Å²) < 4.78 is 26.3. The number of nitrogens with zero attached hydrogens (tertiary/aromatic N) is 1. The number of nitrogens with one attached hydrogen (secondary N) is 1. The number of halogens is 2. The maximum atomic E-state index is 11.8. The Labute approximate surface area is 108 Å². The van der Waals surface area contributed by atoms with E-state index >= 15 is 0 Å². The Bertz CT molecular complexity index is 548. The van der Waals surface area contributed by atoms with Crippen molar-refractivity contribution < 1.29 is 8.42 Å². The van der Waals surface area contributed by atoms with Gasteiger partial charge in [0.05, 0.1) is 6.54 Å². The van der Waals surface area contributed by atoms with E-state index in [1.807, 2.05) is 0 Å². The van der Waals surface area contributed by atoms with Crippen LogP contribution in [-0.4, -0.2) is 19.9 Å². The Hall–Kier alpha value is -0.610. The lowest BCUT2D eigenvalue weighted by molar-refractivity contribution is 0.585. The van der Waals surface area contributed by atoms with E-state index in [1.54, 1.807) is 6.92 Å². The van der Waals surface area contributed by atoms with Crippen molar-refractivity contribution >= 4 is 37.6 Å². The summed E-state index contributed by atoms with van der Waals surface area (Å²) in [5.41, 5.74) is 0. The standard InChI is InChI=1S/C9H8BrClN2O2S/c1-2-3-4-13-16(14,15)8-5-7(10)6-12-9(8)11/h5-6,13H,4H2,1H3. The highest BCUT2D eigenvalue weighted by Crippen LogP contribution is 2.22. The smallest absolute Gasteiger partial charge is 0.242 e. The second-order valence-corrected chi connectivity index (χ2v) is 5.70. The number of hydrogen-bond donors (Lipinski definition) is 1.